The van der Waals surface area contributed by atoms with Gasteiger partial charge in [-0.25, -0.2) is 9.80 Å². The molecule has 0 bridgehead atoms. The number of alkyl halides is 6. The zero-order chi connectivity index (χ0) is 35.0. The predicted octanol–water partition coefficient (Wildman–Crippen LogP) is 9.38. The molecule has 7 aromatic rings. The zero-order valence-corrected chi connectivity index (χ0v) is 25.0. The molecular weight excluding hydrogens is 662 g/mol. The lowest BCUT2D eigenvalue weighted by Crippen LogP contribution is -2.40. The topological polar surface area (TPSA) is 74.8 Å². The maximum atomic E-state index is 13.9. The van der Waals surface area contributed by atoms with E-state index in [0.29, 0.717) is 43.1 Å². The van der Waals surface area contributed by atoms with E-state index in [1.165, 1.54) is 36.4 Å². The summed E-state index contributed by atoms with van der Waals surface area (Å²) in [5, 5.41) is 4.07. The van der Waals surface area contributed by atoms with Crippen molar-refractivity contribution in [3.63, 3.8) is 0 Å². The fraction of sp³-hybridized carbons (Fsp3) is 0.0526. The minimum absolute atomic E-state index is 0.105. The second-order valence-corrected chi connectivity index (χ2v) is 12.1. The lowest BCUT2D eigenvalue weighted by molar-refractivity contribution is -0.138. The molecule has 0 fully saturated rings. The molecule has 2 heterocycles. The van der Waals surface area contributed by atoms with Gasteiger partial charge in [-0.3, -0.25) is 19.2 Å². The Hall–Kier alpha value is -6.30. The van der Waals surface area contributed by atoms with Gasteiger partial charge in [-0.05, 0) is 93.0 Å². The molecule has 4 amide bonds. The van der Waals surface area contributed by atoms with Gasteiger partial charge in [-0.2, -0.15) is 26.3 Å². The third-order valence-electron chi connectivity index (χ3n) is 9.50. The minimum Gasteiger partial charge on any atom is -0.268 e. The third-order valence-corrected chi connectivity index (χ3v) is 9.50. The number of imide groups is 2. The fourth-order valence-electron chi connectivity index (χ4n) is 7.38. The van der Waals surface area contributed by atoms with E-state index in [1.807, 2.05) is 0 Å². The van der Waals surface area contributed by atoms with Crippen LogP contribution in [0.5, 0.6) is 0 Å². The summed E-state index contributed by atoms with van der Waals surface area (Å²) in [5.41, 5.74) is -2.07. The van der Waals surface area contributed by atoms with Crippen molar-refractivity contribution >= 4 is 78.1 Å². The quantitative estimate of drug-likeness (QED) is 0.0791. The van der Waals surface area contributed by atoms with Gasteiger partial charge in [0.15, 0.2) is 0 Å². The summed E-state index contributed by atoms with van der Waals surface area (Å²) in [6, 6.07) is 20.5. The van der Waals surface area contributed by atoms with Crippen LogP contribution in [0.3, 0.4) is 0 Å². The largest absolute Gasteiger partial charge is 0.416 e. The first-order chi connectivity index (χ1) is 23.8. The highest BCUT2D eigenvalue weighted by atomic mass is 19.4. The summed E-state index contributed by atoms with van der Waals surface area (Å²) in [7, 11) is 0. The number of carbonyl (C=O) groups is 4. The number of carbonyl (C=O) groups excluding carboxylic acids is 4. The van der Waals surface area contributed by atoms with E-state index < -0.39 is 47.1 Å². The molecule has 7 aromatic carbocycles. The van der Waals surface area contributed by atoms with Gasteiger partial charge in [0.05, 0.1) is 22.5 Å². The van der Waals surface area contributed by atoms with Crippen LogP contribution in [-0.2, 0) is 12.4 Å². The molecule has 0 aromatic heterocycles. The molecule has 0 unspecified atom stereocenters. The van der Waals surface area contributed by atoms with E-state index in [9.17, 15) is 45.5 Å². The molecule has 2 aliphatic rings. The maximum absolute atomic E-state index is 13.9. The Morgan fingerprint density at radius 1 is 0.380 bits per heavy atom. The second-order valence-electron chi connectivity index (χ2n) is 12.1. The normalized spacial score (nSPS) is 15.1. The molecule has 12 heteroatoms. The van der Waals surface area contributed by atoms with Crippen molar-refractivity contribution in [2.24, 2.45) is 0 Å². The lowest BCUT2D eigenvalue weighted by atomic mass is 9.82. The summed E-state index contributed by atoms with van der Waals surface area (Å²) in [6.07, 6.45) is -9.39. The van der Waals surface area contributed by atoms with Crippen molar-refractivity contribution in [2.45, 2.75) is 12.4 Å². The molecule has 0 saturated heterocycles. The molecule has 50 heavy (non-hydrogen) atoms. The van der Waals surface area contributed by atoms with Gasteiger partial charge in [0.2, 0.25) is 0 Å². The highest BCUT2D eigenvalue weighted by molar-refractivity contribution is 6.45. The first-order valence-electron chi connectivity index (χ1n) is 15.1. The second kappa shape index (κ2) is 9.65. The minimum atomic E-state index is -4.70. The summed E-state index contributed by atoms with van der Waals surface area (Å²) >= 11 is 0. The first-order valence-corrected chi connectivity index (χ1v) is 15.1. The number of benzene rings is 7. The van der Waals surface area contributed by atoms with Gasteiger partial charge >= 0.3 is 12.4 Å². The van der Waals surface area contributed by atoms with Gasteiger partial charge in [0, 0.05) is 33.0 Å². The number of amides is 4. The van der Waals surface area contributed by atoms with Gasteiger partial charge in [0.25, 0.3) is 23.6 Å². The summed E-state index contributed by atoms with van der Waals surface area (Å²) in [6.45, 7) is 0. The van der Waals surface area contributed by atoms with Crippen LogP contribution in [0.4, 0.5) is 37.7 Å². The van der Waals surface area contributed by atoms with Gasteiger partial charge in [-0.15, -0.1) is 0 Å². The smallest absolute Gasteiger partial charge is 0.268 e. The van der Waals surface area contributed by atoms with Crippen molar-refractivity contribution in [2.75, 3.05) is 9.80 Å². The Balaban J connectivity index is 1.25. The Labute approximate surface area is 276 Å². The van der Waals surface area contributed by atoms with Crippen molar-refractivity contribution in [3.8, 4) is 0 Å². The van der Waals surface area contributed by atoms with Crippen molar-refractivity contribution < 1.29 is 45.5 Å². The number of hydrogen-bond acceptors (Lipinski definition) is 4. The molecule has 0 radical (unpaired) electrons. The third kappa shape index (κ3) is 3.86. The Bertz CT molecular complexity index is 2430. The first kappa shape index (κ1) is 29.8. The number of anilines is 2. The van der Waals surface area contributed by atoms with E-state index in [2.05, 4.69) is 0 Å². The SMILES string of the molecule is O=C1c2ccc3c4ccc5c6c(ccc(c7ccc(c2c37)C(=O)N1c1cccc(C(F)(F)F)c1)c64)C(=O)N(c1cccc(C(F)(F)F)c1)C5=O. The van der Waals surface area contributed by atoms with E-state index in [-0.39, 0.29) is 33.6 Å². The number of rotatable bonds is 2. The average Bonchev–Trinajstić information content (AvgIpc) is 3.08. The molecule has 0 spiro atoms. The average molecular weight is 679 g/mol. The maximum Gasteiger partial charge on any atom is 0.416 e. The predicted molar refractivity (Wildman–Crippen MR) is 173 cm³/mol. The highest BCUT2D eigenvalue weighted by Gasteiger charge is 2.40. The van der Waals surface area contributed by atoms with E-state index in [0.717, 1.165) is 46.2 Å². The molecule has 6 nitrogen and oxygen atoms in total. The van der Waals surface area contributed by atoms with Gasteiger partial charge in [0.1, 0.15) is 0 Å². The van der Waals surface area contributed by atoms with E-state index >= 15 is 0 Å². The molecule has 0 N–H and O–H groups in total. The summed E-state index contributed by atoms with van der Waals surface area (Å²) < 4.78 is 81.0. The van der Waals surface area contributed by atoms with Crippen LogP contribution in [0.2, 0.25) is 0 Å². The monoisotopic (exact) mass is 678 g/mol. The number of nitrogens with zero attached hydrogens (tertiary/aromatic N) is 2. The fourth-order valence-corrected chi connectivity index (χ4v) is 7.38. The van der Waals surface area contributed by atoms with Crippen LogP contribution in [0.15, 0.2) is 97.1 Å². The highest BCUT2D eigenvalue weighted by Crippen LogP contribution is 2.47. The van der Waals surface area contributed by atoms with Crippen LogP contribution in [-0.4, -0.2) is 23.6 Å². The van der Waals surface area contributed by atoms with Gasteiger partial charge in [-0.1, -0.05) is 36.4 Å². The molecule has 9 rings (SSSR count). The molecule has 2 aliphatic heterocycles. The Kier molecular flexibility index (Phi) is 5.76. The van der Waals surface area contributed by atoms with Crippen molar-refractivity contribution in [3.05, 3.63) is 130 Å². The summed E-state index contributed by atoms with van der Waals surface area (Å²) in [4.78, 5) is 56.9. The molecule has 0 saturated carbocycles. The zero-order valence-electron chi connectivity index (χ0n) is 25.0. The number of fused-ring (bicyclic) bond motifs is 2. The number of hydrogen-bond donors (Lipinski definition) is 0. The van der Waals surface area contributed by atoms with Crippen LogP contribution < -0.4 is 9.80 Å². The van der Waals surface area contributed by atoms with E-state index in [1.54, 1.807) is 24.3 Å². The summed E-state index contributed by atoms with van der Waals surface area (Å²) in [5.74, 6) is -3.19. The van der Waals surface area contributed by atoms with Crippen molar-refractivity contribution in [1.29, 1.82) is 0 Å². The Morgan fingerprint density at radius 3 is 0.960 bits per heavy atom. The van der Waals surface area contributed by atoms with Gasteiger partial charge < -0.3 is 0 Å². The molecule has 244 valence electrons. The van der Waals surface area contributed by atoms with Crippen LogP contribution in [0, 0.1) is 0 Å². The molecular formula is C38H16F6N2O4. The molecule has 0 aliphatic carbocycles. The van der Waals surface area contributed by atoms with Crippen molar-refractivity contribution in [1.82, 2.24) is 0 Å². The Morgan fingerprint density at radius 2 is 0.680 bits per heavy atom. The molecule has 0 atom stereocenters. The lowest BCUT2D eigenvalue weighted by Gasteiger charge is -2.30. The van der Waals surface area contributed by atoms with Crippen LogP contribution in [0.1, 0.15) is 52.6 Å². The standard InChI is InChI=1S/C38H16F6N2O4/c39-37(40,41)17-3-1-5-19(15-17)45-33(47)25-11-7-21-23-9-13-27-32-28(36(50)46(35(27)49)20-6-2-4-18(16-20)38(42,43)44)14-10-24(30(23)32)22-8-12-26(34(45)48)31(25)29(21)22/h1-16H. The number of halogens is 6. The van der Waals surface area contributed by atoms with Crippen LogP contribution >= 0.6 is 0 Å². The van der Waals surface area contributed by atoms with Crippen LogP contribution in [0.25, 0.3) is 43.1 Å². The van der Waals surface area contributed by atoms with E-state index in [4.69, 9.17) is 0 Å².